The van der Waals surface area contributed by atoms with E-state index in [1.54, 1.807) is 0 Å². The van der Waals surface area contributed by atoms with E-state index >= 15 is 0 Å². The quantitative estimate of drug-likeness (QED) is 0.347. The zero-order valence-electron chi connectivity index (χ0n) is 7.66. The number of hydrogen-bond acceptors (Lipinski definition) is 5. The maximum Gasteiger partial charge on any atom is 0.323 e. The summed E-state index contributed by atoms with van der Waals surface area (Å²) in [6.45, 7) is 0. The summed E-state index contributed by atoms with van der Waals surface area (Å²) in [6, 6.07) is 2.00. The Balaban J connectivity index is 2.96. The van der Waals surface area contributed by atoms with E-state index in [2.05, 4.69) is 0 Å². The van der Waals surface area contributed by atoms with Crippen LogP contribution in [0.4, 0.5) is 0 Å². The van der Waals surface area contributed by atoms with Gasteiger partial charge in [0.25, 0.3) is 0 Å². The summed E-state index contributed by atoms with van der Waals surface area (Å²) in [6.07, 6.45) is -1.44. The molecule has 0 fully saturated rings. The van der Waals surface area contributed by atoms with E-state index in [4.69, 9.17) is 21.1 Å². The zero-order valence-corrected chi connectivity index (χ0v) is 7.66. The largest absolute Gasteiger partial charge is 0.504 e. The van der Waals surface area contributed by atoms with E-state index in [0.29, 0.717) is 0 Å². The third kappa shape index (κ3) is 2.36. The highest BCUT2D eigenvalue weighted by Crippen LogP contribution is 2.28. The molecule has 0 spiro atoms. The Morgan fingerprint density at radius 2 is 1.87 bits per heavy atom. The fourth-order valence-corrected chi connectivity index (χ4v) is 1.07. The lowest BCUT2D eigenvalue weighted by molar-refractivity contribution is -0.141. The smallest absolute Gasteiger partial charge is 0.323 e. The van der Waals surface area contributed by atoms with Crippen LogP contribution in [0, 0.1) is 0 Å². The van der Waals surface area contributed by atoms with Crippen molar-refractivity contribution < 1.29 is 25.2 Å². The van der Waals surface area contributed by atoms with Gasteiger partial charge in [0.1, 0.15) is 12.1 Å². The number of rotatable bonds is 3. The molecule has 0 bridgehead atoms. The number of carboxylic acid groups (broad SMARTS) is 1. The van der Waals surface area contributed by atoms with Gasteiger partial charge >= 0.3 is 5.97 Å². The van der Waals surface area contributed by atoms with Crippen LogP contribution >= 0.6 is 0 Å². The van der Waals surface area contributed by atoms with Gasteiger partial charge in [-0.1, -0.05) is 6.07 Å². The van der Waals surface area contributed by atoms with Crippen LogP contribution < -0.4 is 5.73 Å². The molecule has 0 aliphatic heterocycles. The summed E-state index contributed by atoms with van der Waals surface area (Å²) < 4.78 is 0. The van der Waals surface area contributed by atoms with Crippen LogP contribution in [0.15, 0.2) is 18.2 Å². The second-order valence-electron chi connectivity index (χ2n) is 3.06. The minimum absolute atomic E-state index is 0.125. The van der Waals surface area contributed by atoms with Crippen molar-refractivity contribution in [2.75, 3.05) is 0 Å². The molecule has 0 saturated carbocycles. The van der Waals surface area contributed by atoms with Gasteiger partial charge in [-0.2, -0.15) is 0 Å². The topological polar surface area (TPSA) is 124 Å². The first-order valence-corrected chi connectivity index (χ1v) is 4.12. The molecule has 0 aromatic heterocycles. The van der Waals surface area contributed by atoms with Gasteiger partial charge < -0.3 is 26.2 Å². The van der Waals surface area contributed by atoms with Crippen LogP contribution in [-0.2, 0) is 4.79 Å². The summed E-state index contributed by atoms with van der Waals surface area (Å²) in [4.78, 5) is 10.5. The van der Waals surface area contributed by atoms with Gasteiger partial charge in [0.15, 0.2) is 11.5 Å². The zero-order chi connectivity index (χ0) is 11.6. The van der Waals surface area contributed by atoms with Crippen molar-refractivity contribution in [3.8, 4) is 11.5 Å². The average Bonchev–Trinajstić information content (AvgIpc) is 2.19. The minimum atomic E-state index is -1.48. The standard InChI is InChI=1S/C9H11NO5/c10-7(9(14)15)8(13)4-1-2-5(11)6(12)3-4/h1-3,7-8,11-13H,10H2,(H,14,15)/t7-,8+/m0/s1/i1+1,2+1,3+1,4+1,5+1,6+1,8+1. The number of hydrogen-bond donors (Lipinski definition) is 5. The molecular weight excluding hydrogens is 209 g/mol. The highest BCUT2D eigenvalue weighted by molar-refractivity contribution is 5.74. The van der Waals surface area contributed by atoms with Gasteiger partial charge in [-0.25, -0.2) is 0 Å². The van der Waals surface area contributed by atoms with Crippen LogP contribution in [0.5, 0.6) is 11.5 Å². The number of nitrogens with two attached hydrogens (primary N) is 1. The van der Waals surface area contributed by atoms with Gasteiger partial charge in [0.2, 0.25) is 0 Å². The Bertz CT molecular complexity index is 379. The van der Waals surface area contributed by atoms with Crippen LogP contribution in [0.1, 0.15) is 11.7 Å². The van der Waals surface area contributed by atoms with Gasteiger partial charge in [-0.15, -0.1) is 0 Å². The van der Waals surface area contributed by atoms with Crippen molar-refractivity contribution in [3.05, 3.63) is 23.8 Å². The molecule has 0 radical (unpaired) electrons. The lowest BCUT2D eigenvalue weighted by Crippen LogP contribution is -2.36. The summed E-state index contributed by atoms with van der Waals surface area (Å²) in [5.74, 6) is -2.14. The molecule has 0 saturated heterocycles. The molecule has 2 atom stereocenters. The van der Waals surface area contributed by atoms with Crippen LogP contribution in [0.3, 0.4) is 0 Å². The highest BCUT2D eigenvalue weighted by Gasteiger charge is 2.24. The summed E-state index contributed by atoms with van der Waals surface area (Å²) in [7, 11) is 0. The molecule has 15 heavy (non-hydrogen) atoms. The SMILES string of the molecule is N[C@H](C(=O)O)[13C@H](O)[13c]1[13cH][13cH][13c](O)[13c](O)[13cH]1. The van der Waals surface area contributed by atoms with E-state index in [1.165, 1.54) is 6.07 Å². The molecular formula is C9H11NO5. The highest BCUT2D eigenvalue weighted by atomic mass is 16.4. The molecule has 0 aliphatic rings. The lowest BCUT2D eigenvalue weighted by atomic mass is 10.4. The molecule has 0 unspecified atom stereocenters. The van der Waals surface area contributed by atoms with Crippen LogP contribution in [0.2, 0.25) is 0 Å². The van der Waals surface area contributed by atoms with Crippen molar-refractivity contribution in [1.29, 1.82) is 0 Å². The number of phenols is 2. The monoisotopic (exact) mass is 220 g/mol. The van der Waals surface area contributed by atoms with Crippen LogP contribution in [0.25, 0.3) is 0 Å². The normalized spacial score (nSPS) is 14.5. The first-order chi connectivity index (χ1) is 6.93. The Hall–Kier alpha value is -1.79. The molecule has 0 amide bonds. The van der Waals surface area contributed by atoms with E-state index in [9.17, 15) is 9.90 Å². The summed E-state index contributed by atoms with van der Waals surface area (Å²) >= 11 is 0. The van der Waals surface area contributed by atoms with Gasteiger partial charge in [-0.3, -0.25) is 4.79 Å². The maximum atomic E-state index is 10.5. The van der Waals surface area contributed by atoms with E-state index in [1.807, 2.05) is 0 Å². The fourth-order valence-electron chi connectivity index (χ4n) is 1.07. The molecule has 0 heterocycles. The molecule has 6 heteroatoms. The lowest BCUT2D eigenvalue weighted by Gasteiger charge is -2.15. The summed E-state index contributed by atoms with van der Waals surface area (Å²) in [5.41, 5.74) is 5.31. The van der Waals surface area contributed by atoms with Crippen molar-refractivity contribution in [1.82, 2.24) is 0 Å². The summed E-state index contributed by atoms with van der Waals surface area (Å²) in [5, 5.41) is 36.1. The number of aliphatic hydroxyl groups is 1. The third-order valence-corrected chi connectivity index (χ3v) is 1.97. The Kier molecular flexibility index (Phi) is 3.13. The molecule has 6 nitrogen and oxygen atoms in total. The molecule has 0 aliphatic carbocycles. The van der Waals surface area contributed by atoms with Gasteiger partial charge in [-0.05, 0) is 17.7 Å². The second kappa shape index (κ2) is 4.16. The fraction of sp³-hybridized carbons (Fsp3) is 0.222. The number of aliphatic hydroxyl groups excluding tert-OH is 1. The molecule has 1 rings (SSSR count). The number of aromatic hydroxyl groups is 2. The molecule has 82 valence electrons. The van der Waals surface area contributed by atoms with Crippen molar-refractivity contribution in [2.45, 2.75) is 12.1 Å². The van der Waals surface area contributed by atoms with Crippen LogP contribution in [-0.4, -0.2) is 32.4 Å². The predicted octanol–water partition coefficient (Wildman–Crippen LogP) is -0.457. The second-order valence-corrected chi connectivity index (χ2v) is 3.06. The minimum Gasteiger partial charge on any atom is -0.504 e. The Morgan fingerprint density at radius 1 is 1.27 bits per heavy atom. The molecule has 6 N–H and O–H groups in total. The molecule has 1 aromatic carbocycles. The Morgan fingerprint density at radius 3 is 2.33 bits per heavy atom. The van der Waals surface area contributed by atoms with Crippen molar-refractivity contribution in [2.24, 2.45) is 5.73 Å². The Labute approximate surface area is 85.2 Å². The first-order valence-electron chi connectivity index (χ1n) is 4.12. The molecule has 1 aromatic rings. The number of benzene rings is 1. The number of carboxylic acids is 1. The number of carbonyl (C=O) groups is 1. The van der Waals surface area contributed by atoms with Gasteiger partial charge in [0.05, 0.1) is 0 Å². The predicted molar refractivity (Wildman–Crippen MR) is 50.3 cm³/mol. The van der Waals surface area contributed by atoms with E-state index < -0.39 is 23.9 Å². The van der Waals surface area contributed by atoms with Gasteiger partial charge in [0, 0.05) is 0 Å². The third-order valence-electron chi connectivity index (χ3n) is 1.97. The van der Waals surface area contributed by atoms with E-state index in [0.717, 1.165) is 12.1 Å². The maximum absolute atomic E-state index is 10.5. The first kappa shape index (κ1) is 11.3. The van der Waals surface area contributed by atoms with E-state index in [-0.39, 0.29) is 11.3 Å². The number of aliphatic carboxylic acids is 1. The number of phenolic OH excluding ortho intramolecular Hbond substituents is 2. The average molecular weight is 220 g/mol. The van der Waals surface area contributed by atoms with Crippen molar-refractivity contribution in [3.63, 3.8) is 0 Å². The van der Waals surface area contributed by atoms with Crippen molar-refractivity contribution >= 4 is 5.97 Å².